The molecule has 0 aliphatic rings. The Kier molecular flexibility index (Phi) is 1.89. The van der Waals surface area contributed by atoms with Crippen molar-refractivity contribution in [2.45, 2.75) is 0 Å². The third-order valence-corrected chi connectivity index (χ3v) is 2.26. The maximum absolute atomic E-state index is 10.5. The van der Waals surface area contributed by atoms with Crippen LogP contribution in [0.5, 0.6) is 0 Å². The second-order valence-electron chi connectivity index (χ2n) is 2.91. The zero-order valence-corrected chi connectivity index (χ0v) is 8.02. The van der Waals surface area contributed by atoms with Crippen LogP contribution >= 0.6 is 11.6 Å². The SMILES string of the molecule is Cn1cc(Cl)c2cc([N+](=O)[O-])cnc21. The van der Waals surface area contributed by atoms with Crippen LogP contribution in [0.3, 0.4) is 0 Å². The molecule has 0 atom stereocenters. The minimum Gasteiger partial charge on any atom is -0.334 e. The summed E-state index contributed by atoms with van der Waals surface area (Å²) in [6.45, 7) is 0. The summed E-state index contributed by atoms with van der Waals surface area (Å²) in [7, 11) is 1.78. The molecule has 2 heterocycles. The second kappa shape index (κ2) is 2.95. The van der Waals surface area contributed by atoms with Gasteiger partial charge >= 0.3 is 0 Å². The second-order valence-corrected chi connectivity index (χ2v) is 3.32. The van der Waals surface area contributed by atoms with Gasteiger partial charge in [-0.3, -0.25) is 10.1 Å². The van der Waals surface area contributed by atoms with Gasteiger partial charge in [-0.2, -0.15) is 0 Å². The van der Waals surface area contributed by atoms with Crippen molar-refractivity contribution in [2.24, 2.45) is 7.05 Å². The number of hydrogen-bond acceptors (Lipinski definition) is 3. The molecule has 0 fully saturated rings. The first-order valence-electron chi connectivity index (χ1n) is 3.84. The van der Waals surface area contributed by atoms with Crippen LogP contribution in [0, 0.1) is 10.1 Å². The number of nitro groups is 1. The van der Waals surface area contributed by atoms with Crippen molar-refractivity contribution < 1.29 is 4.92 Å². The van der Waals surface area contributed by atoms with Crippen molar-refractivity contribution in [3.05, 3.63) is 33.6 Å². The van der Waals surface area contributed by atoms with Gasteiger partial charge in [0.25, 0.3) is 5.69 Å². The van der Waals surface area contributed by atoms with Gasteiger partial charge in [-0.05, 0) is 0 Å². The summed E-state index contributed by atoms with van der Waals surface area (Å²) in [5, 5.41) is 11.5. The minimum atomic E-state index is -0.490. The molecule has 0 saturated carbocycles. The van der Waals surface area contributed by atoms with Gasteiger partial charge in [-0.1, -0.05) is 11.6 Å². The first-order chi connectivity index (χ1) is 6.59. The van der Waals surface area contributed by atoms with Crippen LogP contribution in [0.4, 0.5) is 5.69 Å². The van der Waals surface area contributed by atoms with Gasteiger partial charge in [-0.25, -0.2) is 4.98 Å². The van der Waals surface area contributed by atoms with E-state index in [1.165, 1.54) is 12.3 Å². The van der Waals surface area contributed by atoms with E-state index in [1.54, 1.807) is 17.8 Å². The van der Waals surface area contributed by atoms with Crippen LogP contribution in [-0.4, -0.2) is 14.5 Å². The van der Waals surface area contributed by atoms with Gasteiger partial charge < -0.3 is 4.57 Å². The lowest BCUT2D eigenvalue weighted by Crippen LogP contribution is -1.91. The molecular formula is C8H6ClN3O2. The van der Waals surface area contributed by atoms with Crippen molar-refractivity contribution in [3.63, 3.8) is 0 Å². The molecule has 0 radical (unpaired) electrons. The Morgan fingerprint density at radius 2 is 2.36 bits per heavy atom. The Labute approximate surface area is 84.1 Å². The molecule has 0 N–H and O–H groups in total. The van der Waals surface area contributed by atoms with Crippen LogP contribution in [0.2, 0.25) is 5.02 Å². The minimum absolute atomic E-state index is 0.0504. The van der Waals surface area contributed by atoms with Gasteiger partial charge in [-0.15, -0.1) is 0 Å². The molecule has 0 bridgehead atoms. The highest BCUT2D eigenvalue weighted by molar-refractivity contribution is 6.35. The summed E-state index contributed by atoms with van der Waals surface area (Å²) in [6, 6.07) is 1.42. The summed E-state index contributed by atoms with van der Waals surface area (Å²) in [5.74, 6) is 0. The van der Waals surface area contributed by atoms with Gasteiger partial charge in [0.05, 0.1) is 9.95 Å². The van der Waals surface area contributed by atoms with Crippen molar-refractivity contribution in [1.29, 1.82) is 0 Å². The summed E-state index contributed by atoms with van der Waals surface area (Å²) in [6.07, 6.45) is 2.89. The number of rotatable bonds is 1. The molecule has 0 amide bonds. The maximum Gasteiger partial charge on any atom is 0.288 e. The molecule has 0 aromatic carbocycles. The molecule has 6 heteroatoms. The maximum atomic E-state index is 10.5. The molecule has 0 saturated heterocycles. The molecule has 2 rings (SSSR count). The topological polar surface area (TPSA) is 61.0 Å². The predicted molar refractivity (Wildman–Crippen MR) is 52.4 cm³/mol. The molecule has 0 spiro atoms. The van der Waals surface area contributed by atoms with E-state index in [1.807, 2.05) is 0 Å². The highest BCUT2D eigenvalue weighted by Crippen LogP contribution is 2.26. The number of fused-ring (bicyclic) bond motifs is 1. The van der Waals surface area contributed by atoms with Gasteiger partial charge in [0.1, 0.15) is 11.8 Å². The van der Waals surface area contributed by atoms with E-state index in [9.17, 15) is 10.1 Å². The monoisotopic (exact) mass is 211 g/mol. The molecule has 0 aliphatic carbocycles. The zero-order valence-electron chi connectivity index (χ0n) is 7.27. The summed E-state index contributed by atoms with van der Waals surface area (Å²) < 4.78 is 1.72. The number of pyridine rings is 1. The summed E-state index contributed by atoms with van der Waals surface area (Å²) in [5.41, 5.74) is 0.589. The molecule has 2 aromatic rings. The first kappa shape index (κ1) is 8.96. The fraction of sp³-hybridized carbons (Fsp3) is 0.125. The van der Waals surface area contributed by atoms with Crippen LogP contribution in [0.1, 0.15) is 0 Å². The van der Waals surface area contributed by atoms with Crippen molar-refractivity contribution in [2.75, 3.05) is 0 Å². The molecule has 2 aromatic heterocycles. The molecule has 72 valence electrons. The number of nitrogens with zero attached hydrogens (tertiary/aromatic N) is 3. The predicted octanol–water partition coefficient (Wildman–Crippen LogP) is 2.13. The summed E-state index contributed by atoms with van der Waals surface area (Å²) >= 11 is 5.87. The zero-order chi connectivity index (χ0) is 10.3. The smallest absolute Gasteiger partial charge is 0.288 e. The number of aryl methyl sites for hydroxylation is 1. The summed E-state index contributed by atoms with van der Waals surface area (Å²) in [4.78, 5) is 13.9. The van der Waals surface area contributed by atoms with E-state index in [-0.39, 0.29) is 5.69 Å². The standard InChI is InChI=1S/C8H6ClN3O2/c1-11-4-7(9)6-2-5(12(13)14)3-10-8(6)11/h2-4H,1H3. The van der Waals surface area contributed by atoms with Crippen LogP contribution in [-0.2, 0) is 7.05 Å². The quantitative estimate of drug-likeness (QED) is 0.536. The fourth-order valence-corrected chi connectivity index (χ4v) is 1.59. The fourth-order valence-electron chi connectivity index (χ4n) is 1.30. The number of hydrogen-bond donors (Lipinski definition) is 0. The average Bonchev–Trinajstić information content (AvgIpc) is 2.42. The van der Waals surface area contributed by atoms with E-state index >= 15 is 0 Å². The Hall–Kier alpha value is -1.62. The third kappa shape index (κ3) is 1.22. The highest BCUT2D eigenvalue weighted by atomic mass is 35.5. The van der Waals surface area contributed by atoms with Crippen molar-refractivity contribution >= 4 is 28.3 Å². The molecular weight excluding hydrogens is 206 g/mol. The molecule has 0 unspecified atom stereocenters. The van der Waals surface area contributed by atoms with Gasteiger partial charge in [0, 0.05) is 24.7 Å². The van der Waals surface area contributed by atoms with E-state index in [0.29, 0.717) is 16.1 Å². The van der Waals surface area contributed by atoms with Crippen molar-refractivity contribution in [3.8, 4) is 0 Å². The lowest BCUT2D eigenvalue weighted by atomic mass is 10.3. The van der Waals surface area contributed by atoms with E-state index in [2.05, 4.69) is 4.98 Å². The average molecular weight is 212 g/mol. The van der Waals surface area contributed by atoms with Gasteiger partial charge in [0.2, 0.25) is 0 Å². The van der Waals surface area contributed by atoms with Gasteiger partial charge in [0.15, 0.2) is 0 Å². The third-order valence-electron chi connectivity index (χ3n) is 1.96. The molecule has 5 nitrogen and oxygen atoms in total. The Bertz CT molecular complexity index is 521. The highest BCUT2D eigenvalue weighted by Gasteiger charge is 2.11. The normalized spacial score (nSPS) is 10.7. The van der Waals surface area contributed by atoms with Crippen LogP contribution < -0.4 is 0 Å². The molecule has 0 aliphatic heterocycles. The number of halogens is 1. The largest absolute Gasteiger partial charge is 0.334 e. The Morgan fingerprint density at radius 1 is 1.64 bits per heavy atom. The van der Waals surface area contributed by atoms with E-state index in [4.69, 9.17) is 11.6 Å². The lowest BCUT2D eigenvalue weighted by molar-refractivity contribution is -0.385. The number of aromatic nitrogens is 2. The molecule has 14 heavy (non-hydrogen) atoms. The van der Waals surface area contributed by atoms with E-state index in [0.717, 1.165) is 0 Å². The Morgan fingerprint density at radius 3 is 3.00 bits per heavy atom. The van der Waals surface area contributed by atoms with Crippen LogP contribution in [0.15, 0.2) is 18.5 Å². The van der Waals surface area contributed by atoms with E-state index < -0.39 is 4.92 Å². The Balaban J connectivity index is 2.77. The first-order valence-corrected chi connectivity index (χ1v) is 4.22. The lowest BCUT2D eigenvalue weighted by Gasteiger charge is -1.94. The van der Waals surface area contributed by atoms with Crippen molar-refractivity contribution in [1.82, 2.24) is 9.55 Å². The van der Waals surface area contributed by atoms with Crippen LogP contribution in [0.25, 0.3) is 11.0 Å².